The summed E-state index contributed by atoms with van der Waals surface area (Å²) in [4.78, 5) is 24.9. The maximum atomic E-state index is 12.6. The van der Waals surface area contributed by atoms with Gasteiger partial charge in [-0.3, -0.25) is 0 Å². The summed E-state index contributed by atoms with van der Waals surface area (Å²) in [5.74, 6) is -0.777. The summed E-state index contributed by atoms with van der Waals surface area (Å²) >= 11 is 0. The molecular weight excluding hydrogens is 370 g/mol. The number of aliphatic hydroxyl groups is 1. The van der Waals surface area contributed by atoms with Gasteiger partial charge in [0, 0.05) is 12.3 Å². The van der Waals surface area contributed by atoms with Crippen LogP contribution in [0, 0.1) is 0 Å². The third-order valence-electron chi connectivity index (χ3n) is 5.75. The number of amides is 1. The Morgan fingerprint density at radius 3 is 2.28 bits per heavy atom. The predicted octanol–water partition coefficient (Wildman–Crippen LogP) is 3.15. The number of carbonyl (C=O) groups excluding carboxylic acids is 2. The Hall–Kier alpha value is -3.12. The zero-order chi connectivity index (χ0) is 20.4. The third kappa shape index (κ3) is 3.29. The standard InChI is InChI=1S/C23H23NO5/c1-28-21(26)23(13-7-6-12-20(23)25)24-22(27)29-14-19-17-10-4-2-8-15(17)16-9-3-5-11-18(16)19/h2-11,19-20,25H,12-14H2,1H3,(H,24,27)/t20-,23-/m1/s1. The Kier molecular flexibility index (Phi) is 5.11. The molecule has 0 saturated heterocycles. The topological polar surface area (TPSA) is 84.9 Å². The van der Waals surface area contributed by atoms with Crippen LogP contribution in [0.2, 0.25) is 0 Å². The number of hydrogen-bond donors (Lipinski definition) is 2. The Balaban J connectivity index is 1.51. The summed E-state index contributed by atoms with van der Waals surface area (Å²) in [7, 11) is 1.23. The number of rotatable bonds is 4. The molecule has 4 rings (SSSR count). The van der Waals surface area contributed by atoms with Crippen LogP contribution in [0.5, 0.6) is 0 Å². The van der Waals surface area contributed by atoms with Gasteiger partial charge in [-0.15, -0.1) is 0 Å². The maximum Gasteiger partial charge on any atom is 0.408 e. The molecule has 2 aliphatic rings. The molecule has 2 aromatic carbocycles. The van der Waals surface area contributed by atoms with Crippen molar-refractivity contribution in [2.24, 2.45) is 0 Å². The number of fused-ring (bicyclic) bond motifs is 3. The highest BCUT2D eigenvalue weighted by Gasteiger charge is 2.48. The lowest BCUT2D eigenvalue weighted by Crippen LogP contribution is -2.63. The fourth-order valence-electron chi connectivity index (χ4n) is 4.24. The molecule has 29 heavy (non-hydrogen) atoms. The molecule has 0 aromatic heterocycles. The van der Waals surface area contributed by atoms with Crippen molar-refractivity contribution < 1.29 is 24.2 Å². The number of ether oxygens (including phenoxy) is 2. The van der Waals surface area contributed by atoms with Gasteiger partial charge in [0.05, 0.1) is 13.2 Å². The lowest BCUT2D eigenvalue weighted by Gasteiger charge is -2.36. The van der Waals surface area contributed by atoms with E-state index in [0.717, 1.165) is 22.3 Å². The average Bonchev–Trinajstić information content (AvgIpc) is 3.07. The Morgan fingerprint density at radius 2 is 1.69 bits per heavy atom. The molecular formula is C23H23NO5. The number of methoxy groups -OCH3 is 1. The fraction of sp³-hybridized carbons (Fsp3) is 0.304. The molecule has 0 saturated carbocycles. The van der Waals surface area contributed by atoms with Gasteiger partial charge in [-0.25, -0.2) is 9.59 Å². The number of carbonyl (C=O) groups is 2. The van der Waals surface area contributed by atoms with Crippen LogP contribution in [0.1, 0.15) is 29.9 Å². The van der Waals surface area contributed by atoms with E-state index in [0.29, 0.717) is 0 Å². The van der Waals surface area contributed by atoms with Crippen molar-refractivity contribution in [3.8, 4) is 11.1 Å². The molecule has 2 aromatic rings. The Labute approximate surface area is 169 Å². The van der Waals surface area contributed by atoms with Gasteiger partial charge >= 0.3 is 12.1 Å². The SMILES string of the molecule is COC(=O)[C@@]1(NC(=O)OCC2c3ccccc3-c3ccccc32)CC=CC[C@H]1O. The first kappa shape index (κ1) is 19.2. The van der Waals surface area contributed by atoms with Crippen LogP contribution in [0.15, 0.2) is 60.7 Å². The molecule has 0 spiro atoms. The molecule has 0 fully saturated rings. The second-order valence-corrected chi connectivity index (χ2v) is 7.34. The van der Waals surface area contributed by atoms with E-state index < -0.39 is 23.7 Å². The molecule has 1 amide bonds. The molecule has 6 heteroatoms. The van der Waals surface area contributed by atoms with Gasteiger partial charge in [-0.05, 0) is 28.7 Å². The van der Waals surface area contributed by atoms with Crippen molar-refractivity contribution in [2.75, 3.05) is 13.7 Å². The van der Waals surface area contributed by atoms with E-state index in [4.69, 9.17) is 9.47 Å². The summed E-state index contributed by atoms with van der Waals surface area (Å²) in [6, 6.07) is 16.1. The van der Waals surface area contributed by atoms with Gasteiger partial charge in [0.15, 0.2) is 5.54 Å². The van der Waals surface area contributed by atoms with E-state index in [9.17, 15) is 14.7 Å². The third-order valence-corrected chi connectivity index (χ3v) is 5.75. The smallest absolute Gasteiger partial charge is 0.408 e. The van der Waals surface area contributed by atoms with E-state index >= 15 is 0 Å². The lowest BCUT2D eigenvalue weighted by atomic mass is 9.83. The number of benzene rings is 2. The van der Waals surface area contributed by atoms with Crippen LogP contribution in [-0.4, -0.2) is 42.5 Å². The zero-order valence-electron chi connectivity index (χ0n) is 16.1. The van der Waals surface area contributed by atoms with Crippen molar-refractivity contribution in [1.82, 2.24) is 5.32 Å². The quantitative estimate of drug-likeness (QED) is 0.616. The first-order valence-electron chi connectivity index (χ1n) is 9.61. The first-order chi connectivity index (χ1) is 14.1. The number of aliphatic hydroxyl groups excluding tert-OH is 1. The molecule has 0 aliphatic heterocycles. The molecule has 150 valence electrons. The Bertz CT molecular complexity index is 924. The predicted molar refractivity (Wildman–Crippen MR) is 107 cm³/mol. The van der Waals surface area contributed by atoms with Crippen LogP contribution in [0.4, 0.5) is 4.79 Å². The van der Waals surface area contributed by atoms with Crippen LogP contribution in [0.25, 0.3) is 11.1 Å². The summed E-state index contributed by atoms with van der Waals surface area (Å²) in [5.41, 5.74) is 2.94. The van der Waals surface area contributed by atoms with E-state index in [1.54, 1.807) is 12.2 Å². The Morgan fingerprint density at radius 1 is 1.07 bits per heavy atom. The van der Waals surface area contributed by atoms with E-state index in [1.807, 2.05) is 36.4 Å². The van der Waals surface area contributed by atoms with Crippen molar-refractivity contribution in [3.05, 3.63) is 71.8 Å². The van der Waals surface area contributed by atoms with Crippen LogP contribution in [-0.2, 0) is 14.3 Å². The molecule has 0 unspecified atom stereocenters. The van der Waals surface area contributed by atoms with Crippen molar-refractivity contribution in [2.45, 2.75) is 30.4 Å². The maximum absolute atomic E-state index is 12.6. The lowest BCUT2D eigenvalue weighted by molar-refractivity contribution is -0.154. The number of hydrogen-bond acceptors (Lipinski definition) is 5. The number of alkyl carbamates (subject to hydrolysis) is 1. The van der Waals surface area contributed by atoms with Crippen molar-refractivity contribution in [1.29, 1.82) is 0 Å². The zero-order valence-corrected chi connectivity index (χ0v) is 16.1. The van der Waals surface area contributed by atoms with E-state index in [2.05, 4.69) is 17.4 Å². The summed E-state index contributed by atoms with van der Waals surface area (Å²) < 4.78 is 10.3. The van der Waals surface area contributed by atoms with Gasteiger partial charge < -0.3 is 19.9 Å². The molecule has 2 atom stereocenters. The van der Waals surface area contributed by atoms with E-state index in [1.165, 1.54) is 7.11 Å². The highest BCUT2D eigenvalue weighted by molar-refractivity contribution is 5.87. The minimum absolute atomic E-state index is 0.0848. The molecule has 2 N–H and O–H groups in total. The second-order valence-electron chi connectivity index (χ2n) is 7.34. The van der Waals surface area contributed by atoms with Crippen molar-refractivity contribution >= 4 is 12.1 Å². The van der Waals surface area contributed by atoms with Gasteiger partial charge in [-0.2, -0.15) is 0 Å². The van der Waals surface area contributed by atoms with E-state index in [-0.39, 0.29) is 25.4 Å². The van der Waals surface area contributed by atoms with Crippen molar-refractivity contribution in [3.63, 3.8) is 0 Å². The number of esters is 1. The molecule has 0 radical (unpaired) electrons. The molecule has 0 bridgehead atoms. The van der Waals surface area contributed by atoms with Gasteiger partial charge in [0.2, 0.25) is 0 Å². The highest BCUT2D eigenvalue weighted by Crippen LogP contribution is 2.44. The summed E-state index contributed by atoms with van der Waals surface area (Å²) in [6.45, 7) is 0.128. The molecule has 6 nitrogen and oxygen atoms in total. The van der Waals surface area contributed by atoms with Crippen LogP contribution < -0.4 is 5.32 Å². The normalized spacial score (nSPS) is 22.5. The first-order valence-corrected chi connectivity index (χ1v) is 9.61. The fourth-order valence-corrected chi connectivity index (χ4v) is 4.24. The van der Waals surface area contributed by atoms with Gasteiger partial charge in [-0.1, -0.05) is 60.7 Å². The second kappa shape index (κ2) is 7.72. The summed E-state index contributed by atoms with van der Waals surface area (Å²) in [6.07, 6.45) is 2.06. The van der Waals surface area contributed by atoms with Gasteiger partial charge in [0.1, 0.15) is 6.61 Å². The van der Waals surface area contributed by atoms with Crippen LogP contribution >= 0.6 is 0 Å². The van der Waals surface area contributed by atoms with Crippen LogP contribution in [0.3, 0.4) is 0 Å². The average molecular weight is 393 g/mol. The minimum Gasteiger partial charge on any atom is -0.467 e. The monoisotopic (exact) mass is 393 g/mol. The molecule has 2 aliphatic carbocycles. The highest BCUT2D eigenvalue weighted by atomic mass is 16.6. The molecule has 0 heterocycles. The number of nitrogens with one attached hydrogen (secondary N) is 1. The largest absolute Gasteiger partial charge is 0.467 e. The minimum atomic E-state index is -1.54. The van der Waals surface area contributed by atoms with Gasteiger partial charge in [0.25, 0.3) is 0 Å². The summed E-state index contributed by atoms with van der Waals surface area (Å²) in [5, 5.41) is 13.0.